The van der Waals surface area contributed by atoms with Crippen LogP contribution in [0.15, 0.2) is 24.3 Å². The average molecular weight is 205 g/mol. The number of nitrogens with one attached hydrogen (secondary N) is 1. The van der Waals surface area contributed by atoms with E-state index in [1.54, 1.807) is 7.11 Å². The van der Waals surface area contributed by atoms with Crippen molar-refractivity contribution in [3.8, 4) is 5.75 Å². The number of rotatable bonds is 3. The van der Waals surface area contributed by atoms with Crippen molar-refractivity contribution in [1.82, 2.24) is 5.32 Å². The molecule has 0 aromatic heterocycles. The van der Waals surface area contributed by atoms with Gasteiger partial charge in [-0.25, -0.2) is 5.32 Å². The minimum atomic E-state index is 0.580. The maximum absolute atomic E-state index is 5.12. The molecule has 15 heavy (non-hydrogen) atoms. The van der Waals surface area contributed by atoms with Crippen LogP contribution in [0.25, 0.3) is 0 Å². The van der Waals surface area contributed by atoms with Crippen molar-refractivity contribution in [2.45, 2.75) is 18.9 Å². The summed E-state index contributed by atoms with van der Waals surface area (Å²) in [5, 5.41) is 7.85. The Labute approximate surface area is 90.8 Å². The van der Waals surface area contributed by atoms with Gasteiger partial charge in [-0.3, -0.25) is 0 Å². The molecule has 1 N–H and O–H groups in total. The second-order valence-electron chi connectivity index (χ2n) is 3.82. The van der Waals surface area contributed by atoms with Gasteiger partial charge in [0.15, 0.2) is 0 Å². The lowest BCUT2D eigenvalue weighted by Crippen LogP contribution is -2.31. The van der Waals surface area contributed by atoms with Crippen molar-refractivity contribution < 1.29 is 4.74 Å². The van der Waals surface area contributed by atoms with E-state index in [4.69, 9.17) is 4.74 Å². The van der Waals surface area contributed by atoms with E-state index in [1.165, 1.54) is 5.69 Å². The van der Waals surface area contributed by atoms with Crippen LogP contribution in [0, 0.1) is 0 Å². The second-order valence-corrected chi connectivity index (χ2v) is 3.82. The molecule has 0 amide bonds. The van der Waals surface area contributed by atoms with Gasteiger partial charge in [-0.1, -0.05) is 0 Å². The molecule has 1 heterocycles. The van der Waals surface area contributed by atoms with Gasteiger partial charge in [-0.15, -0.1) is 0 Å². The number of nitrogens with zero attached hydrogens (tertiary/aromatic N) is 1. The van der Waals surface area contributed by atoms with Gasteiger partial charge in [0.25, 0.3) is 0 Å². The third-order valence-electron chi connectivity index (χ3n) is 2.73. The Morgan fingerprint density at radius 2 is 1.87 bits per heavy atom. The molecule has 0 spiro atoms. The topological polar surface area (TPSA) is 35.4 Å². The number of methoxy groups -OCH3 is 1. The molecule has 1 radical (unpaired) electrons. The summed E-state index contributed by atoms with van der Waals surface area (Å²) < 4.78 is 5.12. The lowest BCUT2D eigenvalue weighted by atomic mass is 10.1. The van der Waals surface area contributed by atoms with Crippen molar-refractivity contribution in [1.29, 1.82) is 0 Å². The standard InChI is InChI=1S/C12H17N2O/c1-15-12-4-2-10(3-5-12)14-11-6-8-13-9-7-11/h2-5,11,14H,6-9H2,1H3. The van der Waals surface area contributed by atoms with Crippen LogP contribution in [0.1, 0.15) is 12.8 Å². The molecule has 0 unspecified atom stereocenters. The van der Waals surface area contributed by atoms with E-state index in [2.05, 4.69) is 22.8 Å². The smallest absolute Gasteiger partial charge is 0.119 e. The molecule has 1 aliphatic rings. The van der Waals surface area contributed by atoms with Crippen LogP contribution in [-0.4, -0.2) is 26.2 Å². The molecule has 1 aliphatic heterocycles. The first kappa shape index (κ1) is 10.3. The monoisotopic (exact) mass is 205 g/mol. The molecule has 1 aromatic carbocycles. The Balaban J connectivity index is 1.91. The van der Waals surface area contributed by atoms with Gasteiger partial charge in [0, 0.05) is 24.8 Å². The fourth-order valence-electron chi connectivity index (χ4n) is 1.82. The van der Waals surface area contributed by atoms with Crippen LogP contribution in [0.4, 0.5) is 5.69 Å². The summed E-state index contributed by atoms with van der Waals surface area (Å²) in [5.74, 6) is 0.902. The van der Waals surface area contributed by atoms with E-state index in [1.807, 2.05) is 12.1 Å². The molecule has 1 saturated heterocycles. The Morgan fingerprint density at radius 1 is 1.20 bits per heavy atom. The average Bonchev–Trinajstić information content (AvgIpc) is 2.31. The van der Waals surface area contributed by atoms with Crippen LogP contribution < -0.4 is 15.4 Å². The third-order valence-corrected chi connectivity index (χ3v) is 2.73. The van der Waals surface area contributed by atoms with Crippen molar-refractivity contribution >= 4 is 5.69 Å². The summed E-state index contributed by atoms with van der Waals surface area (Å²) in [7, 11) is 1.69. The quantitative estimate of drug-likeness (QED) is 0.817. The number of hydrogen-bond acceptors (Lipinski definition) is 2. The summed E-state index contributed by atoms with van der Waals surface area (Å²) >= 11 is 0. The van der Waals surface area contributed by atoms with Crippen molar-refractivity contribution in [3.63, 3.8) is 0 Å². The van der Waals surface area contributed by atoms with E-state index in [-0.39, 0.29) is 0 Å². The van der Waals surface area contributed by atoms with Gasteiger partial charge < -0.3 is 10.1 Å². The second kappa shape index (κ2) is 5.03. The summed E-state index contributed by atoms with van der Waals surface area (Å²) in [6.45, 7) is 1.99. The van der Waals surface area contributed by atoms with Crippen molar-refractivity contribution in [2.75, 3.05) is 25.5 Å². The Bertz CT molecular complexity index is 291. The van der Waals surface area contributed by atoms with Crippen LogP contribution in [0.3, 0.4) is 0 Å². The molecule has 1 aromatic rings. The summed E-state index contributed by atoms with van der Waals surface area (Å²) in [4.78, 5) is 0. The molecule has 1 fully saturated rings. The number of anilines is 1. The first-order chi connectivity index (χ1) is 7.38. The molecular weight excluding hydrogens is 188 g/mol. The highest BCUT2D eigenvalue weighted by molar-refractivity contribution is 5.47. The van der Waals surface area contributed by atoms with Gasteiger partial charge in [-0.05, 0) is 37.1 Å². The number of benzene rings is 1. The summed E-state index contributed by atoms with van der Waals surface area (Å²) in [6.07, 6.45) is 2.29. The maximum atomic E-state index is 5.12. The zero-order valence-electron chi connectivity index (χ0n) is 9.07. The predicted molar refractivity (Wildman–Crippen MR) is 61.5 cm³/mol. The van der Waals surface area contributed by atoms with Crippen LogP contribution in [0.5, 0.6) is 5.75 Å². The molecule has 0 aliphatic carbocycles. The van der Waals surface area contributed by atoms with Crippen LogP contribution in [0.2, 0.25) is 0 Å². The minimum Gasteiger partial charge on any atom is -0.497 e. The Hall–Kier alpha value is -1.22. The SMILES string of the molecule is COc1ccc(NC2CC[N]CC2)cc1. The fraction of sp³-hybridized carbons (Fsp3) is 0.500. The number of hydrogen-bond donors (Lipinski definition) is 1. The third kappa shape index (κ3) is 2.86. The van der Waals surface area contributed by atoms with E-state index in [0.717, 1.165) is 31.7 Å². The van der Waals surface area contributed by atoms with Crippen molar-refractivity contribution in [3.05, 3.63) is 24.3 Å². The van der Waals surface area contributed by atoms with Crippen LogP contribution >= 0.6 is 0 Å². The lowest BCUT2D eigenvalue weighted by molar-refractivity contribution is 0.415. The van der Waals surface area contributed by atoms with Gasteiger partial charge in [0.2, 0.25) is 0 Å². The van der Waals surface area contributed by atoms with Crippen LogP contribution in [-0.2, 0) is 0 Å². The largest absolute Gasteiger partial charge is 0.497 e. The highest BCUT2D eigenvalue weighted by atomic mass is 16.5. The highest BCUT2D eigenvalue weighted by Gasteiger charge is 2.12. The highest BCUT2D eigenvalue weighted by Crippen LogP contribution is 2.17. The zero-order valence-corrected chi connectivity index (χ0v) is 9.07. The molecule has 0 bridgehead atoms. The molecule has 0 atom stereocenters. The van der Waals surface area contributed by atoms with E-state index in [9.17, 15) is 0 Å². The first-order valence-corrected chi connectivity index (χ1v) is 5.42. The molecule has 0 saturated carbocycles. The Kier molecular flexibility index (Phi) is 3.45. The normalized spacial score (nSPS) is 17.4. The maximum Gasteiger partial charge on any atom is 0.119 e. The van der Waals surface area contributed by atoms with Gasteiger partial charge in [-0.2, -0.15) is 0 Å². The predicted octanol–water partition coefficient (Wildman–Crippen LogP) is 1.87. The Morgan fingerprint density at radius 3 is 2.47 bits per heavy atom. The van der Waals surface area contributed by atoms with E-state index >= 15 is 0 Å². The van der Waals surface area contributed by atoms with E-state index < -0.39 is 0 Å². The van der Waals surface area contributed by atoms with Gasteiger partial charge in [0.1, 0.15) is 5.75 Å². The van der Waals surface area contributed by atoms with Gasteiger partial charge >= 0.3 is 0 Å². The minimum absolute atomic E-state index is 0.580. The summed E-state index contributed by atoms with van der Waals surface area (Å²) in [5.41, 5.74) is 1.17. The van der Waals surface area contributed by atoms with E-state index in [0.29, 0.717) is 6.04 Å². The van der Waals surface area contributed by atoms with Gasteiger partial charge in [0.05, 0.1) is 7.11 Å². The fourth-order valence-corrected chi connectivity index (χ4v) is 1.82. The molecule has 2 rings (SSSR count). The number of piperidine rings is 1. The van der Waals surface area contributed by atoms with Crippen molar-refractivity contribution in [2.24, 2.45) is 0 Å². The zero-order chi connectivity index (χ0) is 10.5. The molecule has 3 nitrogen and oxygen atoms in total. The summed E-state index contributed by atoms with van der Waals surface area (Å²) in [6, 6.07) is 8.66. The lowest BCUT2D eigenvalue weighted by Gasteiger charge is -2.23. The molecule has 3 heteroatoms. The number of ether oxygens (including phenoxy) is 1. The first-order valence-electron chi connectivity index (χ1n) is 5.42. The molecule has 81 valence electrons. The molecular formula is C12H17N2O.